The lowest BCUT2D eigenvalue weighted by Crippen LogP contribution is -2.61. The SMILES string of the molecule is CC/C=C\C/C=C\C/C=C\C/C=C\C/C=C\CC(=O)OCC(COC1OC(C(=O)O)C(O)C(O)C1OC(=O)CCCCCCC/C=C\C/C=C\C/C=C\CC)OC(=O)CCCCCCC/C=C\C/C=C\C/C=C\CC. The van der Waals surface area contributed by atoms with E-state index in [0.717, 1.165) is 128 Å². The molecule has 12 heteroatoms. The van der Waals surface area contributed by atoms with Crippen LogP contribution in [0.2, 0.25) is 0 Å². The van der Waals surface area contributed by atoms with E-state index in [4.69, 9.17) is 23.7 Å². The zero-order chi connectivity index (χ0) is 54.7. The van der Waals surface area contributed by atoms with Gasteiger partial charge >= 0.3 is 23.9 Å². The molecule has 0 aromatic heterocycles. The van der Waals surface area contributed by atoms with Gasteiger partial charge in [-0.1, -0.05) is 193 Å². The minimum absolute atomic E-state index is 0.0225. The molecule has 0 bridgehead atoms. The molecule has 0 saturated carbocycles. The number of rotatable bonds is 45. The van der Waals surface area contributed by atoms with Gasteiger partial charge in [0.1, 0.15) is 18.8 Å². The van der Waals surface area contributed by atoms with Gasteiger partial charge in [-0.05, 0) is 109 Å². The average Bonchev–Trinajstić information content (AvgIpc) is 3.39. The largest absolute Gasteiger partial charge is 0.479 e. The number of aliphatic hydroxyl groups excluding tert-OH is 2. The van der Waals surface area contributed by atoms with E-state index in [0.29, 0.717) is 19.3 Å². The number of ether oxygens (including phenoxy) is 5. The lowest BCUT2D eigenvalue weighted by atomic mass is 9.98. The van der Waals surface area contributed by atoms with Gasteiger partial charge in [0, 0.05) is 12.8 Å². The predicted molar refractivity (Wildman–Crippen MR) is 303 cm³/mol. The van der Waals surface area contributed by atoms with Crippen molar-refractivity contribution in [2.45, 2.75) is 225 Å². The molecular formula is C63H96O12. The number of aliphatic carboxylic acids is 1. The van der Waals surface area contributed by atoms with E-state index in [-0.39, 0.29) is 25.9 Å². The fraction of sp³-hybridized carbons (Fsp3) is 0.587. The topological polar surface area (TPSA) is 175 Å². The van der Waals surface area contributed by atoms with Crippen LogP contribution in [0.3, 0.4) is 0 Å². The fourth-order valence-electron chi connectivity index (χ4n) is 7.53. The van der Waals surface area contributed by atoms with Crippen molar-refractivity contribution in [1.29, 1.82) is 0 Å². The number of hydrogen-bond acceptors (Lipinski definition) is 11. The number of allylic oxidation sites excluding steroid dienone is 21. The van der Waals surface area contributed by atoms with Crippen molar-refractivity contribution in [2.24, 2.45) is 0 Å². The fourth-order valence-corrected chi connectivity index (χ4v) is 7.53. The molecule has 0 amide bonds. The minimum Gasteiger partial charge on any atom is -0.479 e. The standard InChI is InChI=1S/C63H96O12/c1-4-7-10-13-16-19-22-25-28-31-34-37-40-43-46-49-55(64)71-52-54(73-56(65)50-47-44-41-38-35-32-29-26-23-20-17-14-11-8-5-2)53-72-63-61(59(68)58(67)60(75-63)62(69)70)74-57(66)51-48-45-42-39-36-33-30-27-24-21-18-15-12-9-6-3/h7-12,16-21,25-30,34,37,43,46,54,58-61,63,67-68H,4-6,13-15,22-24,31-33,35-36,38-42,44-45,47-53H2,1-3H3,(H,69,70)/b10-7-,11-8-,12-9-,19-16-,20-17-,21-18-,28-25-,29-26-,30-27-,37-34-,46-43-. The summed E-state index contributed by atoms with van der Waals surface area (Å²) in [6.07, 6.45) is 57.4. The molecule has 420 valence electrons. The van der Waals surface area contributed by atoms with Crippen molar-refractivity contribution in [3.8, 4) is 0 Å². The van der Waals surface area contributed by atoms with Crippen LogP contribution in [-0.2, 0) is 42.9 Å². The smallest absolute Gasteiger partial charge is 0.335 e. The number of hydrogen-bond donors (Lipinski definition) is 3. The Labute approximate surface area is 451 Å². The summed E-state index contributed by atoms with van der Waals surface area (Å²) in [6, 6.07) is 0. The van der Waals surface area contributed by atoms with Gasteiger partial charge in [-0.25, -0.2) is 4.79 Å². The van der Waals surface area contributed by atoms with Crippen LogP contribution in [0.5, 0.6) is 0 Å². The lowest BCUT2D eigenvalue weighted by Gasteiger charge is -2.40. The van der Waals surface area contributed by atoms with E-state index >= 15 is 0 Å². The van der Waals surface area contributed by atoms with Crippen LogP contribution < -0.4 is 0 Å². The van der Waals surface area contributed by atoms with E-state index in [1.54, 1.807) is 6.08 Å². The molecule has 0 aromatic rings. The maximum Gasteiger partial charge on any atom is 0.335 e. The van der Waals surface area contributed by atoms with Crippen LogP contribution in [0.1, 0.15) is 188 Å². The highest BCUT2D eigenvalue weighted by Gasteiger charge is 2.50. The molecule has 0 aromatic carbocycles. The first-order chi connectivity index (χ1) is 36.6. The van der Waals surface area contributed by atoms with Crippen LogP contribution in [-0.4, -0.2) is 89.2 Å². The second-order valence-electron chi connectivity index (χ2n) is 18.4. The Balaban J connectivity index is 2.79. The molecule has 0 aliphatic carbocycles. The van der Waals surface area contributed by atoms with Crippen molar-refractivity contribution in [3.63, 3.8) is 0 Å². The number of unbranched alkanes of at least 4 members (excludes halogenated alkanes) is 10. The van der Waals surface area contributed by atoms with Gasteiger partial charge in [-0.2, -0.15) is 0 Å². The van der Waals surface area contributed by atoms with Gasteiger partial charge in [0.05, 0.1) is 13.0 Å². The zero-order valence-electron chi connectivity index (χ0n) is 46.0. The van der Waals surface area contributed by atoms with Crippen LogP contribution in [0.4, 0.5) is 0 Å². The summed E-state index contributed by atoms with van der Waals surface area (Å²) in [5.41, 5.74) is 0. The first-order valence-electron chi connectivity index (χ1n) is 28.2. The van der Waals surface area contributed by atoms with Crippen molar-refractivity contribution >= 4 is 23.9 Å². The molecule has 75 heavy (non-hydrogen) atoms. The van der Waals surface area contributed by atoms with Gasteiger partial charge in [-0.15, -0.1) is 0 Å². The number of aliphatic hydroxyl groups is 2. The molecule has 1 aliphatic rings. The molecule has 1 saturated heterocycles. The highest BCUT2D eigenvalue weighted by Crippen LogP contribution is 2.26. The molecule has 1 aliphatic heterocycles. The average molecular weight is 1050 g/mol. The van der Waals surface area contributed by atoms with E-state index < -0.39 is 67.3 Å². The first-order valence-corrected chi connectivity index (χ1v) is 28.2. The molecule has 1 rings (SSSR count). The third-order valence-electron chi connectivity index (χ3n) is 11.7. The molecule has 3 N–H and O–H groups in total. The van der Waals surface area contributed by atoms with Crippen molar-refractivity contribution in [1.82, 2.24) is 0 Å². The van der Waals surface area contributed by atoms with Crippen LogP contribution >= 0.6 is 0 Å². The summed E-state index contributed by atoms with van der Waals surface area (Å²) in [4.78, 5) is 51.0. The number of esters is 3. The molecular weight excluding hydrogens is 949 g/mol. The zero-order valence-corrected chi connectivity index (χ0v) is 46.0. The second-order valence-corrected chi connectivity index (χ2v) is 18.4. The molecule has 1 heterocycles. The van der Waals surface area contributed by atoms with E-state index in [1.165, 1.54) is 0 Å². The van der Waals surface area contributed by atoms with Gasteiger partial charge in [0.25, 0.3) is 0 Å². The maximum atomic E-state index is 13.1. The summed E-state index contributed by atoms with van der Waals surface area (Å²) >= 11 is 0. The highest BCUT2D eigenvalue weighted by molar-refractivity contribution is 5.74. The van der Waals surface area contributed by atoms with Crippen LogP contribution in [0.15, 0.2) is 134 Å². The Kier molecular flexibility index (Phi) is 45.0. The van der Waals surface area contributed by atoms with Crippen molar-refractivity contribution < 1.29 is 58.2 Å². The molecule has 6 unspecified atom stereocenters. The molecule has 12 nitrogen and oxygen atoms in total. The van der Waals surface area contributed by atoms with E-state index in [2.05, 4.69) is 136 Å². The Morgan fingerprint density at radius 1 is 0.453 bits per heavy atom. The first kappa shape index (κ1) is 67.9. The van der Waals surface area contributed by atoms with Gasteiger partial charge in [0.2, 0.25) is 0 Å². The Hall–Kier alpha value is -5.14. The highest BCUT2D eigenvalue weighted by atomic mass is 16.7. The monoisotopic (exact) mass is 1040 g/mol. The summed E-state index contributed by atoms with van der Waals surface area (Å²) in [5, 5.41) is 31.4. The number of carbonyl (C=O) groups is 4. The lowest BCUT2D eigenvalue weighted by molar-refractivity contribution is -0.301. The Bertz CT molecular complexity index is 1810. The van der Waals surface area contributed by atoms with Crippen molar-refractivity contribution in [3.05, 3.63) is 134 Å². The van der Waals surface area contributed by atoms with Crippen LogP contribution in [0.25, 0.3) is 0 Å². The third kappa shape index (κ3) is 39.9. The van der Waals surface area contributed by atoms with Gasteiger partial charge < -0.3 is 39.0 Å². The Morgan fingerprint density at radius 2 is 0.840 bits per heavy atom. The molecule has 0 radical (unpaired) electrons. The van der Waals surface area contributed by atoms with Crippen molar-refractivity contribution in [2.75, 3.05) is 13.2 Å². The summed E-state index contributed by atoms with van der Waals surface area (Å²) in [6.45, 7) is 5.51. The Morgan fingerprint density at radius 3 is 1.28 bits per heavy atom. The van der Waals surface area contributed by atoms with E-state index in [9.17, 15) is 34.5 Å². The summed E-state index contributed by atoms with van der Waals surface area (Å²) in [7, 11) is 0. The minimum atomic E-state index is -1.93. The number of carbonyl (C=O) groups excluding carboxylic acids is 3. The maximum absolute atomic E-state index is 13.1. The van der Waals surface area contributed by atoms with Gasteiger partial charge in [0.15, 0.2) is 24.6 Å². The predicted octanol–water partition coefficient (Wildman–Crippen LogP) is 14.2. The van der Waals surface area contributed by atoms with E-state index in [1.807, 2.05) is 12.2 Å². The quantitative estimate of drug-likeness (QED) is 0.0228. The van der Waals surface area contributed by atoms with Gasteiger partial charge in [-0.3, -0.25) is 14.4 Å². The third-order valence-corrected chi connectivity index (χ3v) is 11.7. The number of carboxylic acids is 1. The molecule has 0 spiro atoms. The summed E-state index contributed by atoms with van der Waals surface area (Å²) in [5.74, 6) is -3.35. The summed E-state index contributed by atoms with van der Waals surface area (Å²) < 4.78 is 28.2. The van der Waals surface area contributed by atoms with Crippen LogP contribution in [0, 0.1) is 0 Å². The number of carboxylic acid groups (broad SMARTS) is 1. The second kappa shape index (κ2) is 49.7. The normalized spacial score (nSPS) is 19.2. The molecule has 1 fully saturated rings. The molecule has 6 atom stereocenters.